The maximum Gasteiger partial charge on any atom is 0.119 e. The van der Waals surface area contributed by atoms with Crippen LogP contribution in [0.2, 0.25) is 0 Å². The van der Waals surface area contributed by atoms with E-state index in [0.29, 0.717) is 6.54 Å². The van der Waals surface area contributed by atoms with Crippen molar-refractivity contribution in [1.29, 1.82) is 5.26 Å². The summed E-state index contributed by atoms with van der Waals surface area (Å²) in [5, 5.41) is 8.95. The van der Waals surface area contributed by atoms with E-state index >= 15 is 0 Å². The second-order valence-electron chi connectivity index (χ2n) is 4.26. The molecule has 0 aliphatic rings. The highest BCUT2D eigenvalue weighted by Gasteiger charge is 2.20. The van der Waals surface area contributed by atoms with Crippen LogP contribution in [0.1, 0.15) is 12.7 Å². The van der Waals surface area contributed by atoms with Crippen molar-refractivity contribution in [2.45, 2.75) is 25.9 Å². The van der Waals surface area contributed by atoms with E-state index in [1.807, 2.05) is 35.8 Å². The topological polar surface area (TPSA) is 67.6 Å². The monoisotopic (exact) mass is 214 g/mol. The zero-order chi connectivity index (χ0) is 11.8. The molecular weight excluding hydrogens is 200 g/mol. The number of aryl methyl sites for hydroxylation is 1. The van der Waals surface area contributed by atoms with Gasteiger partial charge in [0.15, 0.2) is 0 Å². The van der Waals surface area contributed by atoms with Crippen LogP contribution < -0.4 is 5.73 Å². The van der Waals surface area contributed by atoms with Crippen molar-refractivity contribution in [3.63, 3.8) is 0 Å². The normalized spacial score (nSPS) is 14.6. The van der Waals surface area contributed by atoms with E-state index in [-0.39, 0.29) is 0 Å². The van der Waals surface area contributed by atoms with E-state index in [1.165, 1.54) is 0 Å². The number of rotatable bonds is 2. The fourth-order valence-corrected chi connectivity index (χ4v) is 1.76. The molecule has 1 atom stereocenters. The summed E-state index contributed by atoms with van der Waals surface area (Å²) in [6.07, 6.45) is 0. The number of nitriles is 1. The summed E-state index contributed by atoms with van der Waals surface area (Å²) in [6, 6.07) is 9.95. The summed E-state index contributed by atoms with van der Waals surface area (Å²) in [4.78, 5) is 4.43. The minimum Gasteiger partial charge on any atom is -0.325 e. The Morgan fingerprint density at radius 2 is 2.19 bits per heavy atom. The Bertz CT molecular complexity index is 560. The van der Waals surface area contributed by atoms with Gasteiger partial charge in [0.1, 0.15) is 11.4 Å². The number of benzene rings is 1. The van der Waals surface area contributed by atoms with E-state index in [1.54, 1.807) is 6.92 Å². The summed E-state index contributed by atoms with van der Waals surface area (Å²) in [6.45, 7) is 4.10. The van der Waals surface area contributed by atoms with Crippen LogP contribution in [0, 0.1) is 18.3 Å². The first-order chi connectivity index (χ1) is 7.53. The molecule has 0 bridgehead atoms. The minimum atomic E-state index is -0.867. The lowest BCUT2D eigenvalue weighted by Crippen LogP contribution is -2.39. The summed E-state index contributed by atoms with van der Waals surface area (Å²) in [5.41, 5.74) is 6.95. The highest BCUT2D eigenvalue weighted by atomic mass is 15.1. The van der Waals surface area contributed by atoms with Crippen molar-refractivity contribution >= 4 is 11.0 Å². The fourth-order valence-electron chi connectivity index (χ4n) is 1.76. The van der Waals surface area contributed by atoms with Gasteiger partial charge in [0.2, 0.25) is 0 Å². The van der Waals surface area contributed by atoms with Gasteiger partial charge in [0.25, 0.3) is 0 Å². The largest absolute Gasteiger partial charge is 0.325 e. The number of hydrogen-bond donors (Lipinski definition) is 1. The Balaban J connectivity index is 2.53. The summed E-state index contributed by atoms with van der Waals surface area (Å²) in [7, 11) is 0. The van der Waals surface area contributed by atoms with E-state index in [2.05, 4.69) is 11.1 Å². The van der Waals surface area contributed by atoms with Crippen LogP contribution in [-0.2, 0) is 6.54 Å². The van der Waals surface area contributed by atoms with E-state index < -0.39 is 5.54 Å². The standard InChI is InChI=1S/C12H14N4/c1-9-15-10-5-3-4-6-11(10)16(9)8-12(2,14)7-13/h3-6H,8,14H2,1-2H3. The van der Waals surface area contributed by atoms with Gasteiger partial charge in [-0.3, -0.25) is 0 Å². The Hall–Kier alpha value is -1.86. The first-order valence-electron chi connectivity index (χ1n) is 5.15. The van der Waals surface area contributed by atoms with Crippen molar-refractivity contribution in [3.05, 3.63) is 30.1 Å². The zero-order valence-corrected chi connectivity index (χ0v) is 9.44. The molecule has 0 radical (unpaired) electrons. The predicted octanol–water partition coefficient (Wildman–Crippen LogP) is 1.59. The van der Waals surface area contributed by atoms with Gasteiger partial charge < -0.3 is 10.3 Å². The Kier molecular flexibility index (Phi) is 2.41. The number of imidazole rings is 1. The second-order valence-corrected chi connectivity index (χ2v) is 4.26. The molecule has 16 heavy (non-hydrogen) atoms. The lowest BCUT2D eigenvalue weighted by Gasteiger charge is -2.17. The number of hydrogen-bond acceptors (Lipinski definition) is 3. The predicted molar refractivity (Wildman–Crippen MR) is 62.7 cm³/mol. The molecular formula is C12H14N4. The first kappa shape index (κ1) is 10.7. The number of aromatic nitrogens is 2. The van der Waals surface area contributed by atoms with Crippen LogP contribution in [0.4, 0.5) is 0 Å². The molecule has 1 aromatic carbocycles. The van der Waals surface area contributed by atoms with Gasteiger partial charge in [-0.05, 0) is 26.0 Å². The highest BCUT2D eigenvalue weighted by Crippen LogP contribution is 2.17. The molecule has 2 rings (SSSR count). The molecule has 0 saturated carbocycles. The van der Waals surface area contributed by atoms with Gasteiger partial charge >= 0.3 is 0 Å². The van der Waals surface area contributed by atoms with Gasteiger partial charge in [-0.15, -0.1) is 0 Å². The molecule has 0 aliphatic heterocycles. The third-order valence-electron chi connectivity index (χ3n) is 2.59. The first-order valence-corrected chi connectivity index (χ1v) is 5.15. The molecule has 1 unspecified atom stereocenters. The van der Waals surface area contributed by atoms with Gasteiger partial charge in [-0.1, -0.05) is 12.1 Å². The van der Waals surface area contributed by atoms with Crippen molar-refractivity contribution in [3.8, 4) is 6.07 Å². The van der Waals surface area contributed by atoms with Gasteiger partial charge in [-0.2, -0.15) is 5.26 Å². The quantitative estimate of drug-likeness (QED) is 0.825. The molecule has 2 N–H and O–H groups in total. The van der Waals surface area contributed by atoms with Crippen molar-refractivity contribution in [2.75, 3.05) is 0 Å². The molecule has 2 aromatic rings. The smallest absolute Gasteiger partial charge is 0.119 e. The molecule has 0 spiro atoms. The maximum atomic E-state index is 8.95. The van der Waals surface area contributed by atoms with Gasteiger partial charge in [0, 0.05) is 0 Å². The SMILES string of the molecule is Cc1nc2ccccc2n1CC(C)(N)C#N. The molecule has 0 saturated heterocycles. The molecule has 1 aromatic heterocycles. The average Bonchev–Trinajstić information content (AvgIpc) is 2.56. The second kappa shape index (κ2) is 3.62. The Labute approximate surface area is 94.3 Å². The van der Waals surface area contributed by atoms with Crippen molar-refractivity contribution in [2.24, 2.45) is 5.73 Å². The van der Waals surface area contributed by atoms with Crippen molar-refractivity contribution < 1.29 is 0 Å². The lowest BCUT2D eigenvalue weighted by atomic mass is 10.1. The van der Waals surface area contributed by atoms with Gasteiger partial charge in [0.05, 0.1) is 23.6 Å². The molecule has 4 nitrogen and oxygen atoms in total. The molecule has 0 fully saturated rings. The van der Waals surface area contributed by atoms with E-state index in [0.717, 1.165) is 16.9 Å². The number of para-hydroxylation sites is 2. The summed E-state index contributed by atoms with van der Waals surface area (Å²) < 4.78 is 1.98. The molecule has 4 heteroatoms. The summed E-state index contributed by atoms with van der Waals surface area (Å²) in [5.74, 6) is 0.883. The molecule has 82 valence electrons. The molecule has 1 heterocycles. The number of nitrogens with zero attached hydrogens (tertiary/aromatic N) is 3. The van der Waals surface area contributed by atoms with Crippen LogP contribution in [0.3, 0.4) is 0 Å². The van der Waals surface area contributed by atoms with Crippen LogP contribution >= 0.6 is 0 Å². The van der Waals surface area contributed by atoms with Crippen molar-refractivity contribution in [1.82, 2.24) is 9.55 Å². The lowest BCUT2D eigenvalue weighted by molar-refractivity contribution is 0.494. The minimum absolute atomic E-state index is 0.454. The third-order valence-corrected chi connectivity index (χ3v) is 2.59. The number of nitrogens with two attached hydrogens (primary N) is 1. The average molecular weight is 214 g/mol. The summed E-state index contributed by atoms with van der Waals surface area (Å²) >= 11 is 0. The molecule has 0 aliphatic carbocycles. The zero-order valence-electron chi connectivity index (χ0n) is 9.44. The maximum absolute atomic E-state index is 8.95. The van der Waals surface area contributed by atoms with E-state index in [9.17, 15) is 0 Å². The third kappa shape index (κ3) is 1.77. The highest BCUT2D eigenvalue weighted by molar-refractivity contribution is 5.75. The van der Waals surface area contributed by atoms with Crippen LogP contribution in [0.25, 0.3) is 11.0 Å². The van der Waals surface area contributed by atoms with Crippen LogP contribution in [0.15, 0.2) is 24.3 Å². The Morgan fingerprint density at radius 1 is 1.50 bits per heavy atom. The van der Waals surface area contributed by atoms with Crippen LogP contribution in [-0.4, -0.2) is 15.1 Å². The van der Waals surface area contributed by atoms with E-state index in [4.69, 9.17) is 11.0 Å². The fraction of sp³-hybridized carbons (Fsp3) is 0.333. The molecule has 0 amide bonds. The number of fused-ring (bicyclic) bond motifs is 1. The van der Waals surface area contributed by atoms with Gasteiger partial charge in [-0.25, -0.2) is 4.98 Å². The Morgan fingerprint density at radius 3 is 2.88 bits per heavy atom. The van der Waals surface area contributed by atoms with Crippen LogP contribution in [0.5, 0.6) is 0 Å².